The molecule has 0 radical (unpaired) electrons. The van der Waals surface area contributed by atoms with Gasteiger partial charge in [0.25, 0.3) is 0 Å². The van der Waals surface area contributed by atoms with E-state index in [9.17, 15) is 0 Å². The maximum atomic E-state index is 8.82. The first-order valence-electron chi connectivity index (χ1n) is 20.4. The third-order valence-electron chi connectivity index (χ3n) is 11.3. The Bertz CT molecular complexity index is 3140. The number of fused-ring (bicyclic) bond motifs is 7. The average Bonchev–Trinajstić information content (AvgIpc) is 3.80. The van der Waals surface area contributed by atoms with E-state index in [1.165, 1.54) is 49.4 Å². The van der Waals surface area contributed by atoms with Gasteiger partial charge in [0.2, 0.25) is 0 Å². The van der Waals surface area contributed by atoms with Gasteiger partial charge in [-0.05, 0) is 117 Å². The van der Waals surface area contributed by atoms with Crippen molar-refractivity contribution >= 4 is 61.5 Å². The number of benzene rings is 8. The standard InChI is InChI=1S/C39H25NO.C17H20.CH3N/c40-39(25-10-2-1-3-11-25)29-14-8-13-26(22-29)31-18-9-19-37-38(31)35-24-28(20-21-36(35)41-37)34-23-27-12-4-5-15-30(27)32-16-6-7-17-33(32)34;1-13(2)8-7-9-14-12-17(3,4)16-11-6-5-10-15(14)16;1-2/h1-24,40H;5-12H,1-4H3;2H,1H2/b;9-7-;. The van der Waals surface area contributed by atoms with Crippen molar-refractivity contribution in [2.24, 2.45) is 0 Å². The first-order valence-corrected chi connectivity index (χ1v) is 20.4. The van der Waals surface area contributed by atoms with Crippen molar-refractivity contribution in [2.75, 3.05) is 0 Å². The van der Waals surface area contributed by atoms with E-state index in [-0.39, 0.29) is 5.41 Å². The minimum absolute atomic E-state index is 0.154. The summed E-state index contributed by atoms with van der Waals surface area (Å²) in [5, 5.41) is 21.5. The van der Waals surface area contributed by atoms with E-state index in [4.69, 9.17) is 15.2 Å². The van der Waals surface area contributed by atoms with Crippen molar-refractivity contribution in [3.05, 3.63) is 222 Å². The van der Waals surface area contributed by atoms with Gasteiger partial charge >= 0.3 is 0 Å². The van der Waals surface area contributed by atoms with Crippen LogP contribution >= 0.6 is 0 Å². The zero-order valence-electron chi connectivity index (χ0n) is 34.6. The smallest absolute Gasteiger partial charge is 0.136 e. The maximum Gasteiger partial charge on any atom is 0.136 e. The first kappa shape index (κ1) is 39.5. The molecule has 0 aliphatic heterocycles. The Labute approximate surface area is 352 Å². The van der Waals surface area contributed by atoms with Crippen molar-refractivity contribution in [3.63, 3.8) is 0 Å². The topological polar surface area (TPSA) is 60.8 Å². The van der Waals surface area contributed by atoms with Crippen LogP contribution in [0.2, 0.25) is 0 Å². The lowest BCUT2D eigenvalue weighted by molar-refractivity contribution is 0.669. The van der Waals surface area contributed by atoms with E-state index in [0.29, 0.717) is 5.71 Å². The Kier molecular flexibility index (Phi) is 11.1. The van der Waals surface area contributed by atoms with Crippen molar-refractivity contribution in [1.82, 2.24) is 0 Å². The van der Waals surface area contributed by atoms with Crippen molar-refractivity contribution in [1.29, 1.82) is 10.8 Å². The normalized spacial score (nSPS) is 12.7. The lowest BCUT2D eigenvalue weighted by Gasteiger charge is -2.16. The molecule has 0 amide bonds. The van der Waals surface area contributed by atoms with Crippen LogP contribution in [0.25, 0.3) is 71.3 Å². The summed E-state index contributed by atoms with van der Waals surface area (Å²) >= 11 is 0. The molecule has 0 saturated carbocycles. The fraction of sp³-hybridized carbons (Fsp3) is 0.0877. The molecule has 0 spiro atoms. The van der Waals surface area contributed by atoms with Crippen LogP contribution in [-0.2, 0) is 5.41 Å². The number of furan rings is 1. The summed E-state index contributed by atoms with van der Waals surface area (Å²) in [7, 11) is 0. The van der Waals surface area contributed by atoms with Crippen LogP contribution in [0.3, 0.4) is 0 Å². The monoisotopic (exact) mass is 776 g/mol. The molecule has 0 fully saturated rings. The highest BCUT2D eigenvalue weighted by atomic mass is 16.3. The minimum atomic E-state index is 0.154. The molecule has 8 aromatic carbocycles. The van der Waals surface area contributed by atoms with E-state index >= 15 is 0 Å². The fourth-order valence-corrected chi connectivity index (χ4v) is 8.46. The minimum Gasteiger partial charge on any atom is -0.456 e. The highest BCUT2D eigenvalue weighted by Crippen LogP contribution is 2.42. The highest BCUT2D eigenvalue weighted by molar-refractivity contribution is 6.17. The summed E-state index contributed by atoms with van der Waals surface area (Å²) < 4.78 is 6.37. The van der Waals surface area contributed by atoms with E-state index in [2.05, 4.69) is 174 Å². The van der Waals surface area contributed by atoms with Gasteiger partial charge in [-0.1, -0.05) is 183 Å². The van der Waals surface area contributed by atoms with Crippen LogP contribution in [0, 0.1) is 10.8 Å². The fourth-order valence-electron chi connectivity index (χ4n) is 8.46. The van der Waals surface area contributed by atoms with Gasteiger partial charge in [-0.25, -0.2) is 0 Å². The number of allylic oxidation sites excluding steroid dienone is 6. The lowest BCUT2D eigenvalue weighted by Crippen LogP contribution is -2.10. The van der Waals surface area contributed by atoms with Crippen molar-refractivity contribution in [3.8, 4) is 22.3 Å². The van der Waals surface area contributed by atoms with Gasteiger partial charge in [0.15, 0.2) is 0 Å². The van der Waals surface area contributed by atoms with Gasteiger partial charge in [-0.2, -0.15) is 0 Å². The molecule has 3 heteroatoms. The summed E-state index contributed by atoms with van der Waals surface area (Å²) in [6.45, 7) is 11.3. The average molecular weight is 777 g/mol. The molecule has 0 bridgehead atoms. The number of rotatable bonds is 6. The van der Waals surface area contributed by atoms with Crippen molar-refractivity contribution in [2.45, 2.75) is 33.1 Å². The predicted octanol–water partition coefficient (Wildman–Crippen LogP) is 15.8. The summed E-state index contributed by atoms with van der Waals surface area (Å²) in [4.78, 5) is 0. The molecule has 0 unspecified atom stereocenters. The molecular weight excluding hydrogens is 729 g/mol. The van der Waals surface area contributed by atoms with Crippen LogP contribution in [-0.4, -0.2) is 12.4 Å². The number of hydrogen-bond acceptors (Lipinski definition) is 3. The molecule has 292 valence electrons. The van der Waals surface area contributed by atoms with Gasteiger partial charge < -0.3 is 9.83 Å². The summed E-state index contributed by atoms with van der Waals surface area (Å²) in [5.41, 5.74) is 14.2. The SMILES string of the molecule is C=N.CC(C)=C/C=C\C1=CC(C)(C)c2ccccc21.N=C(c1ccccc1)c1cccc(-c2cccc3oc4ccc(-c5cc6ccccc6c6ccccc56)cc4c23)c1. The molecule has 60 heavy (non-hydrogen) atoms. The Hall–Kier alpha value is -7.36. The predicted molar refractivity (Wildman–Crippen MR) is 258 cm³/mol. The highest BCUT2D eigenvalue weighted by Gasteiger charge is 2.28. The molecule has 1 heterocycles. The van der Waals surface area contributed by atoms with Gasteiger partial charge in [0, 0.05) is 21.8 Å². The van der Waals surface area contributed by atoms with E-state index in [1.54, 1.807) is 0 Å². The molecule has 1 aromatic heterocycles. The molecule has 0 saturated heterocycles. The molecule has 1 aliphatic carbocycles. The van der Waals surface area contributed by atoms with Crippen LogP contribution in [0.4, 0.5) is 0 Å². The molecule has 1 aliphatic rings. The van der Waals surface area contributed by atoms with Gasteiger partial charge in [-0.15, -0.1) is 0 Å². The number of nitrogens with one attached hydrogen (secondary N) is 2. The summed E-state index contributed by atoms with van der Waals surface area (Å²) in [5.74, 6) is 0. The molecule has 10 rings (SSSR count). The summed E-state index contributed by atoms with van der Waals surface area (Å²) in [6.07, 6.45) is 8.85. The quantitative estimate of drug-likeness (QED) is 0.0986. The van der Waals surface area contributed by atoms with Gasteiger partial charge in [0.05, 0.1) is 5.71 Å². The molecular formula is C57H48N2O. The van der Waals surface area contributed by atoms with E-state index in [0.717, 1.165) is 49.8 Å². The Morgan fingerprint density at radius 3 is 2.00 bits per heavy atom. The Morgan fingerprint density at radius 2 is 1.20 bits per heavy atom. The van der Waals surface area contributed by atoms with E-state index in [1.807, 2.05) is 54.6 Å². The number of hydrogen-bond donors (Lipinski definition) is 2. The second-order valence-corrected chi connectivity index (χ2v) is 16.0. The van der Waals surface area contributed by atoms with Crippen LogP contribution in [0.15, 0.2) is 204 Å². The zero-order chi connectivity index (χ0) is 41.8. The maximum absolute atomic E-state index is 8.82. The Balaban J connectivity index is 0.000000221. The largest absolute Gasteiger partial charge is 0.456 e. The molecule has 3 nitrogen and oxygen atoms in total. The summed E-state index contributed by atoms with van der Waals surface area (Å²) in [6, 6.07) is 59.2. The molecule has 0 atom stereocenters. The van der Waals surface area contributed by atoms with Crippen molar-refractivity contribution < 1.29 is 4.42 Å². The Morgan fingerprint density at radius 1 is 0.550 bits per heavy atom. The second-order valence-electron chi connectivity index (χ2n) is 16.0. The lowest BCUT2D eigenvalue weighted by atomic mass is 9.87. The van der Waals surface area contributed by atoms with Gasteiger partial charge in [0.1, 0.15) is 11.2 Å². The van der Waals surface area contributed by atoms with Crippen LogP contribution in [0.1, 0.15) is 49.9 Å². The second kappa shape index (κ2) is 16.9. The zero-order valence-corrected chi connectivity index (χ0v) is 34.6. The third-order valence-corrected chi connectivity index (χ3v) is 11.3. The molecule has 9 aromatic rings. The van der Waals surface area contributed by atoms with Gasteiger partial charge in [-0.3, -0.25) is 5.41 Å². The first-order chi connectivity index (χ1) is 29.2. The molecule has 2 N–H and O–H groups in total. The van der Waals surface area contributed by atoms with E-state index < -0.39 is 0 Å². The third kappa shape index (κ3) is 7.66. The van der Waals surface area contributed by atoms with Crippen LogP contribution in [0.5, 0.6) is 0 Å². The van der Waals surface area contributed by atoms with Crippen LogP contribution < -0.4 is 0 Å².